The molecule has 7 nitrogen and oxygen atoms in total. The lowest BCUT2D eigenvalue weighted by molar-refractivity contribution is -0.158. The number of aromatic nitrogens is 2. The van der Waals surface area contributed by atoms with Gasteiger partial charge in [-0.3, -0.25) is 9.69 Å². The van der Waals surface area contributed by atoms with E-state index in [2.05, 4.69) is 26.4 Å². The Kier molecular flexibility index (Phi) is 6.95. The molecule has 238 valence electrons. The van der Waals surface area contributed by atoms with Gasteiger partial charge in [-0.05, 0) is 133 Å². The summed E-state index contributed by atoms with van der Waals surface area (Å²) < 4.78 is 35.8. The Bertz CT molecular complexity index is 1460. The van der Waals surface area contributed by atoms with Crippen LogP contribution in [-0.2, 0) is 22.3 Å². The van der Waals surface area contributed by atoms with Crippen LogP contribution in [0.4, 0.5) is 14.5 Å². The molecule has 4 bridgehead atoms. The first kappa shape index (κ1) is 30.0. The maximum atomic E-state index is 15.9. The molecule has 2 heterocycles. The second kappa shape index (κ2) is 10.2. The highest BCUT2D eigenvalue weighted by Gasteiger charge is 2.61. The lowest BCUT2D eigenvalue weighted by atomic mass is 9.44. The molecule has 6 fully saturated rings. The average molecular weight is 609 g/mol. The summed E-state index contributed by atoms with van der Waals surface area (Å²) in [4.78, 5) is 20.2. The molecule has 0 radical (unpaired) electrons. The van der Waals surface area contributed by atoms with Gasteiger partial charge in [0.25, 0.3) is 5.89 Å². The van der Waals surface area contributed by atoms with E-state index in [1.54, 1.807) is 6.07 Å². The van der Waals surface area contributed by atoms with E-state index in [0.29, 0.717) is 43.2 Å². The van der Waals surface area contributed by atoms with Crippen LogP contribution in [0.5, 0.6) is 0 Å². The van der Waals surface area contributed by atoms with Crippen molar-refractivity contribution < 1.29 is 23.2 Å². The Morgan fingerprint density at radius 2 is 1.80 bits per heavy atom. The molecule has 1 aromatic heterocycles. The third-order valence-electron chi connectivity index (χ3n) is 11.6. The number of alkyl halides is 1. The fourth-order valence-corrected chi connectivity index (χ4v) is 8.83. The largest absolute Gasteiger partial charge is 0.389 e. The van der Waals surface area contributed by atoms with Crippen molar-refractivity contribution in [3.8, 4) is 0 Å². The van der Waals surface area contributed by atoms with E-state index >= 15 is 4.39 Å². The molecule has 6 aliphatic carbocycles. The summed E-state index contributed by atoms with van der Waals surface area (Å²) in [5, 5.41) is 17.9. The zero-order valence-corrected chi connectivity index (χ0v) is 26.6. The second-order valence-electron chi connectivity index (χ2n) is 16.0. The van der Waals surface area contributed by atoms with Crippen molar-refractivity contribution in [2.75, 3.05) is 25.0 Å². The standard InChI is InChI=1S/C35H46F2N4O3/c1-31(2,43)21-41-15-7-23(8-16-41)27-24(26(6-5-25(27)36)38-29(42)35-17-22(18-35)19-35)20-33-9-12-34(13-10-33,14-11-33)28-39-30(44-40-28)32(3,4)37/h5-7,22,43H,8-21H2,1-4H3,(H,38,42). The lowest BCUT2D eigenvalue weighted by Crippen LogP contribution is -2.58. The molecule has 44 heavy (non-hydrogen) atoms. The quantitative estimate of drug-likeness (QED) is 0.324. The Morgan fingerprint density at radius 3 is 2.32 bits per heavy atom. The minimum absolute atomic E-state index is 0.0197. The van der Waals surface area contributed by atoms with Gasteiger partial charge in [0.2, 0.25) is 5.91 Å². The first-order valence-electron chi connectivity index (χ1n) is 16.5. The summed E-state index contributed by atoms with van der Waals surface area (Å²) in [6, 6.07) is 3.29. The highest BCUT2D eigenvalue weighted by atomic mass is 19.1. The molecule has 9 heteroatoms. The number of amides is 1. The molecule has 0 saturated heterocycles. The minimum atomic E-state index is -1.68. The van der Waals surface area contributed by atoms with Crippen LogP contribution >= 0.6 is 0 Å². The molecule has 1 aliphatic heterocycles. The zero-order valence-electron chi connectivity index (χ0n) is 26.6. The van der Waals surface area contributed by atoms with Crippen molar-refractivity contribution in [3.05, 3.63) is 46.9 Å². The van der Waals surface area contributed by atoms with Gasteiger partial charge >= 0.3 is 0 Å². The van der Waals surface area contributed by atoms with Crippen LogP contribution in [0, 0.1) is 22.6 Å². The predicted octanol–water partition coefficient (Wildman–Crippen LogP) is 6.85. The molecular formula is C35H46F2N4O3. The van der Waals surface area contributed by atoms with Crippen molar-refractivity contribution in [3.63, 3.8) is 0 Å². The number of aliphatic hydroxyl groups is 1. The zero-order chi connectivity index (χ0) is 31.1. The van der Waals surface area contributed by atoms with E-state index in [0.717, 1.165) is 81.2 Å². The predicted molar refractivity (Wildman–Crippen MR) is 164 cm³/mol. The fourth-order valence-electron chi connectivity index (χ4n) is 8.83. The summed E-state index contributed by atoms with van der Waals surface area (Å²) in [5.74, 6) is 1.18. The second-order valence-corrected chi connectivity index (χ2v) is 16.0. The molecule has 0 atom stereocenters. The van der Waals surface area contributed by atoms with Gasteiger partial charge in [0, 0.05) is 36.3 Å². The van der Waals surface area contributed by atoms with Crippen LogP contribution in [0.15, 0.2) is 22.7 Å². The van der Waals surface area contributed by atoms with Crippen LogP contribution in [0.3, 0.4) is 0 Å². The van der Waals surface area contributed by atoms with E-state index in [1.807, 2.05) is 13.8 Å². The maximum Gasteiger partial charge on any atom is 0.263 e. The number of hydrogen-bond acceptors (Lipinski definition) is 6. The summed E-state index contributed by atoms with van der Waals surface area (Å²) >= 11 is 0. The number of nitrogens with one attached hydrogen (secondary N) is 1. The van der Waals surface area contributed by atoms with Gasteiger partial charge in [-0.15, -0.1) is 0 Å². The van der Waals surface area contributed by atoms with E-state index in [4.69, 9.17) is 4.52 Å². The number of anilines is 1. The summed E-state index contributed by atoms with van der Waals surface area (Å²) in [5.41, 5.74) is 0.360. The third kappa shape index (κ3) is 5.21. The number of benzene rings is 1. The van der Waals surface area contributed by atoms with E-state index in [9.17, 15) is 14.3 Å². The number of fused-ring (bicyclic) bond motifs is 3. The van der Waals surface area contributed by atoms with E-state index in [-0.39, 0.29) is 33.9 Å². The Morgan fingerprint density at radius 1 is 1.11 bits per heavy atom. The number of β-amino-alcohol motifs (C(OH)–C–C–N with tert-alkyl or cyclic N) is 1. The smallest absolute Gasteiger partial charge is 0.263 e. The van der Waals surface area contributed by atoms with Crippen molar-refractivity contribution in [2.45, 2.75) is 115 Å². The van der Waals surface area contributed by atoms with Gasteiger partial charge < -0.3 is 14.9 Å². The maximum absolute atomic E-state index is 15.9. The molecular weight excluding hydrogens is 562 g/mol. The first-order valence-corrected chi connectivity index (χ1v) is 16.5. The molecule has 7 aliphatic rings. The molecule has 1 amide bonds. The highest BCUT2D eigenvalue weighted by molar-refractivity contribution is 5.98. The number of rotatable bonds is 9. The van der Waals surface area contributed by atoms with Gasteiger partial charge in [0.05, 0.1) is 11.0 Å². The first-order chi connectivity index (χ1) is 20.7. The van der Waals surface area contributed by atoms with E-state index < -0.39 is 11.3 Å². The molecule has 2 aromatic rings. The van der Waals surface area contributed by atoms with Gasteiger partial charge in [-0.25, -0.2) is 8.78 Å². The van der Waals surface area contributed by atoms with Crippen LogP contribution in [0.25, 0.3) is 5.57 Å². The SMILES string of the molecule is CC(C)(O)CN1CC=C(c2c(F)ccc(NC(=O)C34CC(C3)C4)c2CC23CCC(c4noc(C(C)(C)F)n4)(CC2)CC3)CC1. The molecule has 0 unspecified atom stereocenters. The Hall–Kier alpha value is -2.65. The Balaban J connectivity index is 1.17. The van der Waals surface area contributed by atoms with Crippen LogP contribution in [0.2, 0.25) is 0 Å². The average Bonchev–Trinajstić information content (AvgIpc) is 3.42. The molecule has 6 saturated carbocycles. The number of halogens is 2. The van der Waals surface area contributed by atoms with Crippen molar-refractivity contribution in [1.29, 1.82) is 0 Å². The van der Waals surface area contributed by atoms with Crippen molar-refractivity contribution in [2.24, 2.45) is 16.7 Å². The van der Waals surface area contributed by atoms with Crippen LogP contribution in [-0.4, -0.2) is 51.3 Å². The number of carbonyl (C=O) groups excluding carboxylic acids is 1. The monoisotopic (exact) mass is 608 g/mol. The number of carbonyl (C=O) groups is 1. The highest BCUT2D eigenvalue weighted by Crippen LogP contribution is 2.65. The van der Waals surface area contributed by atoms with Gasteiger partial charge in [-0.1, -0.05) is 11.2 Å². The topological polar surface area (TPSA) is 91.5 Å². The molecule has 1 aromatic carbocycles. The summed E-state index contributed by atoms with van der Waals surface area (Å²) in [6.07, 6.45) is 11.8. The van der Waals surface area contributed by atoms with Crippen molar-refractivity contribution >= 4 is 17.2 Å². The van der Waals surface area contributed by atoms with E-state index in [1.165, 1.54) is 19.9 Å². The summed E-state index contributed by atoms with van der Waals surface area (Å²) in [7, 11) is 0. The van der Waals surface area contributed by atoms with Gasteiger partial charge in [-0.2, -0.15) is 4.98 Å². The molecule has 2 N–H and O–H groups in total. The lowest BCUT2D eigenvalue weighted by Gasteiger charge is -2.60. The number of nitrogens with zero attached hydrogens (tertiary/aromatic N) is 3. The van der Waals surface area contributed by atoms with Crippen molar-refractivity contribution in [1.82, 2.24) is 15.0 Å². The minimum Gasteiger partial charge on any atom is -0.389 e. The molecule has 9 rings (SSSR count). The third-order valence-corrected chi connectivity index (χ3v) is 11.6. The Labute approximate surface area is 258 Å². The number of hydrogen-bond donors (Lipinski definition) is 2. The van der Waals surface area contributed by atoms with Gasteiger partial charge in [0.15, 0.2) is 11.5 Å². The van der Waals surface area contributed by atoms with Crippen LogP contribution in [0.1, 0.15) is 115 Å². The fraction of sp³-hybridized carbons (Fsp3) is 0.686. The normalized spacial score (nSPS) is 31.7. The summed E-state index contributed by atoms with van der Waals surface area (Å²) in [6.45, 7) is 8.43. The molecule has 0 spiro atoms. The van der Waals surface area contributed by atoms with Gasteiger partial charge in [0.1, 0.15) is 5.82 Å². The van der Waals surface area contributed by atoms with Crippen LogP contribution < -0.4 is 5.32 Å².